The van der Waals surface area contributed by atoms with Crippen molar-refractivity contribution in [3.63, 3.8) is 0 Å². The molecule has 2 aromatic rings. The standard InChI is InChI=1S/C31H34F10N4O4S/c1-28(2,3)49-27(48)44-15-11-18-16-30(18,44)26(47)45(20-4-6-21(7-5-20)50(37,38,39,40)41)24(22-17-42-14-10-23(22)31(34,35)36)25(46)43-19-8-12-29(32,33)13-9-19/h4-7,10,14,17-19,24H,8-9,11-13,15-16H2,1-3H3,(H,43,46)/t18-,24?,30+/m0/s1. The normalized spacial score (nSPS) is 24.3. The number of likely N-dealkylation sites (tertiary alicyclic amines) is 1. The van der Waals surface area contributed by atoms with E-state index in [1.165, 1.54) is 20.8 Å². The van der Waals surface area contributed by atoms with Gasteiger partial charge in [-0.15, -0.1) is 0 Å². The number of pyridine rings is 1. The molecule has 1 aromatic carbocycles. The first kappa shape index (κ1) is 37.5. The first-order valence-electron chi connectivity index (χ1n) is 15.5. The summed E-state index contributed by atoms with van der Waals surface area (Å²) >= 11 is 0. The molecule has 50 heavy (non-hydrogen) atoms. The van der Waals surface area contributed by atoms with Gasteiger partial charge >= 0.3 is 22.5 Å². The van der Waals surface area contributed by atoms with Crippen molar-refractivity contribution in [3.8, 4) is 0 Å². The average Bonchev–Trinajstić information content (AvgIpc) is 3.57. The lowest BCUT2D eigenvalue weighted by Crippen LogP contribution is -2.56. The molecule has 3 fully saturated rings. The minimum absolute atomic E-state index is 0.0592. The second-order valence-corrected chi connectivity index (χ2v) is 16.3. The topological polar surface area (TPSA) is 91.8 Å². The molecule has 0 radical (unpaired) electrons. The first-order valence-corrected chi connectivity index (χ1v) is 17.5. The predicted octanol–water partition coefficient (Wildman–Crippen LogP) is 8.93. The molecule has 0 spiro atoms. The number of alkyl halides is 5. The van der Waals surface area contributed by atoms with Gasteiger partial charge in [-0.3, -0.25) is 24.4 Å². The van der Waals surface area contributed by atoms with Crippen LogP contribution < -0.4 is 10.2 Å². The summed E-state index contributed by atoms with van der Waals surface area (Å²) in [6.07, 6.45) is -6.57. The third-order valence-corrected chi connectivity index (χ3v) is 10.2. The van der Waals surface area contributed by atoms with Crippen molar-refractivity contribution in [2.75, 3.05) is 11.4 Å². The van der Waals surface area contributed by atoms with Crippen molar-refractivity contribution in [2.45, 2.75) is 99.5 Å². The Morgan fingerprint density at radius 1 is 0.980 bits per heavy atom. The van der Waals surface area contributed by atoms with Crippen LogP contribution in [0.2, 0.25) is 0 Å². The maximum atomic E-state index is 14.8. The van der Waals surface area contributed by atoms with Crippen LogP contribution in [0.4, 0.5) is 51.9 Å². The lowest BCUT2D eigenvalue weighted by molar-refractivity contribution is -0.139. The number of anilines is 1. The number of halogens is 10. The quantitative estimate of drug-likeness (QED) is 0.286. The van der Waals surface area contributed by atoms with Crippen LogP contribution in [-0.2, 0) is 20.5 Å². The molecule has 8 nitrogen and oxygen atoms in total. The number of benzene rings is 1. The number of hydrogen-bond donors (Lipinski definition) is 1. The highest BCUT2D eigenvalue weighted by Gasteiger charge is 2.71. The Bertz CT molecular complexity index is 1670. The minimum Gasteiger partial charge on any atom is -0.444 e. The van der Waals surface area contributed by atoms with E-state index < -0.39 is 104 Å². The van der Waals surface area contributed by atoms with Crippen molar-refractivity contribution >= 4 is 33.8 Å². The molecule has 278 valence electrons. The van der Waals surface area contributed by atoms with Crippen LogP contribution in [0, 0.1) is 5.92 Å². The van der Waals surface area contributed by atoms with Crippen LogP contribution in [0.1, 0.15) is 76.5 Å². The molecule has 1 aliphatic heterocycles. The second kappa shape index (κ2) is 11.4. The maximum absolute atomic E-state index is 14.8. The first-order chi connectivity index (χ1) is 22.6. The number of carbonyl (C=O) groups is 3. The smallest absolute Gasteiger partial charge is 0.416 e. The van der Waals surface area contributed by atoms with Gasteiger partial charge in [-0.2, -0.15) is 13.2 Å². The molecule has 1 unspecified atom stereocenters. The number of ether oxygens (including phenoxy) is 1. The lowest BCUT2D eigenvalue weighted by Gasteiger charge is -2.41. The summed E-state index contributed by atoms with van der Waals surface area (Å²) in [6, 6.07) is -2.18. The van der Waals surface area contributed by atoms with Gasteiger partial charge in [-0.1, -0.05) is 19.4 Å². The Morgan fingerprint density at radius 2 is 1.58 bits per heavy atom. The van der Waals surface area contributed by atoms with Crippen LogP contribution in [0.25, 0.3) is 0 Å². The van der Waals surface area contributed by atoms with E-state index >= 15 is 0 Å². The SMILES string of the molecule is CC(C)(C)OC(=O)N1CC[C@H]2C[C@]21C(=O)N(c1ccc(S(F)(F)(F)(F)F)cc1)C(C(=O)NC1CCC(F)(F)CC1)c1cnccc1C(F)(F)F. The van der Waals surface area contributed by atoms with Gasteiger partial charge in [0.2, 0.25) is 11.8 Å². The number of rotatable bonds is 7. The molecule has 1 aromatic heterocycles. The molecule has 2 saturated carbocycles. The highest BCUT2D eigenvalue weighted by molar-refractivity contribution is 8.45. The van der Waals surface area contributed by atoms with Crippen LogP contribution in [0.3, 0.4) is 0 Å². The van der Waals surface area contributed by atoms with Crippen LogP contribution >= 0.6 is 10.2 Å². The molecule has 0 bridgehead atoms. The molecular weight excluding hydrogens is 714 g/mol. The van der Waals surface area contributed by atoms with Crippen molar-refractivity contribution in [2.24, 2.45) is 5.92 Å². The van der Waals surface area contributed by atoms with E-state index in [4.69, 9.17) is 4.74 Å². The number of piperidine rings is 1. The Morgan fingerprint density at radius 3 is 2.10 bits per heavy atom. The van der Waals surface area contributed by atoms with Crippen molar-refractivity contribution in [1.29, 1.82) is 0 Å². The third kappa shape index (κ3) is 7.61. The largest absolute Gasteiger partial charge is 0.444 e. The van der Waals surface area contributed by atoms with Crippen LogP contribution in [0.5, 0.6) is 0 Å². The minimum atomic E-state index is -10.3. The Labute approximate surface area is 280 Å². The van der Waals surface area contributed by atoms with Crippen molar-refractivity contribution < 1.29 is 60.5 Å². The molecule has 2 heterocycles. The van der Waals surface area contributed by atoms with Crippen LogP contribution in [-0.4, -0.2) is 57.4 Å². The fourth-order valence-corrected chi connectivity index (χ4v) is 7.27. The molecular formula is C31H34F10N4O4S. The highest BCUT2D eigenvalue weighted by Crippen LogP contribution is 3.02. The summed E-state index contributed by atoms with van der Waals surface area (Å²) in [5, 5.41) is 2.41. The van der Waals surface area contributed by atoms with Gasteiger partial charge in [0.25, 0.3) is 5.91 Å². The van der Waals surface area contributed by atoms with E-state index in [9.17, 15) is 55.8 Å². The average molecular weight is 749 g/mol. The number of fused-ring (bicyclic) bond motifs is 1. The monoisotopic (exact) mass is 748 g/mol. The Kier molecular flexibility index (Phi) is 8.52. The molecule has 2 aliphatic carbocycles. The van der Waals surface area contributed by atoms with Gasteiger partial charge in [0.05, 0.1) is 5.56 Å². The Hall–Kier alpha value is -3.77. The fourth-order valence-electron chi connectivity index (χ4n) is 6.62. The van der Waals surface area contributed by atoms with E-state index in [0.29, 0.717) is 29.3 Å². The number of nitrogens with zero attached hydrogens (tertiary/aromatic N) is 3. The van der Waals surface area contributed by atoms with E-state index in [2.05, 4.69) is 10.3 Å². The summed E-state index contributed by atoms with van der Waals surface area (Å²) in [5.41, 5.74) is -5.99. The number of nitrogens with one attached hydrogen (secondary N) is 1. The molecule has 19 heteroatoms. The summed E-state index contributed by atoms with van der Waals surface area (Å²) in [4.78, 5) is 45.0. The third-order valence-electron chi connectivity index (χ3n) is 9.04. The Balaban J connectivity index is 1.68. The number of amides is 3. The predicted molar refractivity (Wildman–Crippen MR) is 161 cm³/mol. The molecule has 5 rings (SSSR count). The zero-order chi connectivity index (χ0) is 37.4. The molecule has 3 amide bonds. The summed E-state index contributed by atoms with van der Waals surface area (Å²) in [7, 11) is -10.3. The van der Waals surface area contributed by atoms with Gasteiger partial charge in [0.15, 0.2) is 0 Å². The number of aromatic nitrogens is 1. The summed E-state index contributed by atoms with van der Waals surface area (Å²) in [5.74, 6) is -6.19. The van der Waals surface area contributed by atoms with Gasteiger partial charge in [0, 0.05) is 49.1 Å². The van der Waals surface area contributed by atoms with Gasteiger partial charge in [-0.25, -0.2) is 13.6 Å². The maximum Gasteiger partial charge on any atom is 0.416 e. The lowest BCUT2D eigenvalue weighted by atomic mass is 9.91. The number of hydrogen-bond acceptors (Lipinski definition) is 5. The van der Waals surface area contributed by atoms with Gasteiger partial charge < -0.3 is 10.1 Å². The van der Waals surface area contributed by atoms with E-state index in [1.54, 1.807) is 0 Å². The van der Waals surface area contributed by atoms with E-state index in [-0.39, 0.29) is 44.4 Å². The summed E-state index contributed by atoms with van der Waals surface area (Å²) < 4.78 is 145. The van der Waals surface area contributed by atoms with Crippen molar-refractivity contribution in [3.05, 3.63) is 53.9 Å². The fraction of sp³-hybridized carbons (Fsp3) is 0.548. The van der Waals surface area contributed by atoms with Crippen LogP contribution in [0.15, 0.2) is 47.6 Å². The highest BCUT2D eigenvalue weighted by atomic mass is 32.5. The van der Waals surface area contributed by atoms with E-state index in [1.807, 2.05) is 0 Å². The van der Waals surface area contributed by atoms with E-state index in [0.717, 1.165) is 11.1 Å². The number of carbonyl (C=O) groups excluding carboxylic acids is 3. The second-order valence-electron chi connectivity index (χ2n) is 13.9. The molecule has 3 aliphatic rings. The molecule has 1 saturated heterocycles. The zero-order valence-corrected chi connectivity index (χ0v) is 27.7. The van der Waals surface area contributed by atoms with Gasteiger partial charge in [0.1, 0.15) is 22.1 Å². The van der Waals surface area contributed by atoms with Crippen molar-refractivity contribution in [1.82, 2.24) is 15.2 Å². The summed E-state index contributed by atoms with van der Waals surface area (Å²) in [6.45, 7) is 4.55. The molecule has 1 N–H and O–H groups in total. The zero-order valence-electron chi connectivity index (χ0n) is 26.9. The van der Waals surface area contributed by atoms with Gasteiger partial charge in [-0.05, 0) is 82.7 Å². The molecule has 3 atom stereocenters.